The molecule has 0 aliphatic heterocycles. The first kappa shape index (κ1) is 20.3. The average Bonchev–Trinajstić information content (AvgIpc) is 2.63. The molecular formula is C19H25NO5S. The minimum Gasteiger partial charge on any atom is -0.298 e. The molecule has 0 saturated heterocycles. The fraction of sp³-hybridized carbons (Fsp3) is 0.526. The summed E-state index contributed by atoms with van der Waals surface area (Å²) in [5.41, 5.74) is 0.232. The number of rotatable bonds is 8. The van der Waals surface area contributed by atoms with Gasteiger partial charge >= 0.3 is 4.87 Å². The third kappa shape index (κ3) is 3.09. The zero-order chi connectivity index (χ0) is 19.4. The SMILES string of the molecule is CCC[C@@H]1CC=C(C=O)[C@@H](CCC)[C@@]1([N+](=O)[O-])S(=O)(=O)c1ccccc1. The van der Waals surface area contributed by atoms with Gasteiger partial charge in [-0.1, -0.05) is 51.0 Å². The fourth-order valence-electron chi connectivity index (χ4n) is 4.15. The van der Waals surface area contributed by atoms with E-state index in [-0.39, 0.29) is 23.3 Å². The number of hydrogen-bond acceptors (Lipinski definition) is 5. The van der Waals surface area contributed by atoms with Crippen LogP contribution < -0.4 is 0 Å². The van der Waals surface area contributed by atoms with Crippen LogP contribution >= 0.6 is 0 Å². The highest BCUT2D eigenvalue weighted by Crippen LogP contribution is 2.50. The van der Waals surface area contributed by atoms with Crippen molar-refractivity contribution in [2.24, 2.45) is 11.8 Å². The summed E-state index contributed by atoms with van der Waals surface area (Å²) in [6.07, 6.45) is 4.36. The Hall–Kier alpha value is -2.02. The number of allylic oxidation sites excluding steroid dienone is 1. The van der Waals surface area contributed by atoms with Crippen molar-refractivity contribution in [3.8, 4) is 0 Å². The molecule has 0 saturated carbocycles. The van der Waals surface area contributed by atoms with Crippen LogP contribution in [0, 0.1) is 22.0 Å². The van der Waals surface area contributed by atoms with E-state index in [0.29, 0.717) is 25.5 Å². The molecule has 0 N–H and O–H groups in total. The lowest BCUT2D eigenvalue weighted by molar-refractivity contribution is -0.561. The summed E-state index contributed by atoms with van der Waals surface area (Å²) in [5, 5.41) is 12.4. The Labute approximate surface area is 154 Å². The Morgan fingerprint density at radius 1 is 1.19 bits per heavy atom. The summed E-state index contributed by atoms with van der Waals surface area (Å²) >= 11 is 0. The van der Waals surface area contributed by atoms with Crippen LogP contribution in [-0.2, 0) is 14.6 Å². The van der Waals surface area contributed by atoms with Gasteiger partial charge in [-0.15, -0.1) is 0 Å². The second-order valence-corrected chi connectivity index (χ2v) is 8.84. The van der Waals surface area contributed by atoms with Crippen molar-refractivity contribution in [2.45, 2.75) is 55.7 Å². The fourth-order valence-corrected chi connectivity index (χ4v) is 6.52. The Balaban J connectivity index is 2.83. The summed E-state index contributed by atoms with van der Waals surface area (Å²) in [6.45, 7) is 3.72. The first-order valence-corrected chi connectivity index (χ1v) is 10.5. The first-order valence-electron chi connectivity index (χ1n) is 8.97. The topological polar surface area (TPSA) is 94.3 Å². The van der Waals surface area contributed by atoms with Crippen LogP contribution in [0.5, 0.6) is 0 Å². The second kappa shape index (κ2) is 8.12. The molecule has 3 atom stereocenters. The molecule has 6 nitrogen and oxygen atoms in total. The molecule has 1 aromatic rings. The van der Waals surface area contributed by atoms with Crippen LogP contribution in [0.2, 0.25) is 0 Å². The lowest BCUT2D eigenvalue weighted by Gasteiger charge is -2.41. The molecule has 1 aliphatic rings. The van der Waals surface area contributed by atoms with Gasteiger partial charge in [0.05, 0.1) is 10.8 Å². The van der Waals surface area contributed by atoms with Crippen molar-refractivity contribution in [3.05, 3.63) is 52.1 Å². The third-order valence-corrected chi connectivity index (χ3v) is 7.77. The van der Waals surface area contributed by atoms with Crippen LogP contribution in [0.1, 0.15) is 46.0 Å². The zero-order valence-electron chi connectivity index (χ0n) is 15.1. The Bertz CT molecular complexity index is 787. The Kier molecular flexibility index (Phi) is 6.34. The third-order valence-electron chi connectivity index (χ3n) is 5.24. The maximum Gasteiger partial charge on any atom is 0.333 e. The number of carbonyl (C=O) groups excluding carboxylic acids is 1. The summed E-state index contributed by atoms with van der Waals surface area (Å²) in [4.78, 5) is 21.1. The maximum atomic E-state index is 13.6. The maximum absolute atomic E-state index is 13.6. The largest absolute Gasteiger partial charge is 0.333 e. The van der Waals surface area contributed by atoms with E-state index in [9.17, 15) is 23.3 Å². The van der Waals surface area contributed by atoms with Crippen molar-refractivity contribution in [3.63, 3.8) is 0 Å². The number of aldehydes is 1. The average molecular weight is 379 g/mol. The molecule has 0 radical (unpaired) electrons. The highest BCUT2D eigenvalue weighted by atomic mass is 32.2. The van der Waals surface area contributed by atoms with E-state index in [0.717, 1.165) is 0 Å². The molecule has 0 unspecified atom stereocenters. The predicted octanol–water partition coefficient (Wildman–Crippen LogP) is 3.79. The van der Waals surface area contributed by atoms with Crippen molar-refractivity contribution in [1.82, 2.24) is 0 Å². The molecule has 0 heterocycles. The van der Waals surface area contributed by atoms with E-state index >= 15 is 0 Å². The smallest absolute Gasteiger partial charge is 0.298 e. The van der Waals surface area contributed by atoms with Gasteiger partial charge in [-0.2, -0.15) is 0 Å². The van der Waals surface area contributed by atoms with Gasteiger partial charge in [0.15, 0.2) is 0 Å². The van der Waals surface area contributed by atoms with Crippen molar-refractivity contribution in [2.75, 3.05) is 0 Å². The van der Waals surface area contributed by atoms with E-state index in [1.165, 1.54) is 12.1 Å². The van der Waals surface area contributed by atoms with E-state index in [4.69, 9.17) is 0 Å². The van der Waals surface area contributed by atoms with Crippen LogP contribution in [-0.4, -0.2) is 24.5 Å². The van der Waals surface area contributed by atoms with Gasteiger partial charge < -0.3 is 0 Å². The van der Waals surface area contributed by atoms with Crippen molar-refractivity contribution >= 4 is 16.1 Å². The summed E-state index contributed by atoms with van der Waals surface area (Å²) in [7, 11) is -4.31. The van der Waals surface area contributed by atoms with Crippen LogP contribution in [0.3, 0.4) is 0 Å². The van der Waals surface area contributed by atoms with E-state index in [1.807, 2.05) is 13.8 Å². The number of sulfone groups is 1. The molecule has 0 amide bonds. The Morgan fingerprint density at radius 2 is 1.81 bits per heavy atom. The molecule has 7 heteroatoms. The number of carbonyl (C=O) groups is 1. The molecule has 0 spiro atoms. The lowest BCUT2D eigenvalue weighted by atomic mass is 9.73. The van der Waals surface area contributed by atoms with Gasteiger partial charge in [-0.25, -0.2) is 8.42 Å². The molecule has 0 aromatic heterocycles. The molecule has 142 valence electrons. The number of hydrogen-bond donors (Lipinski definition) is 0. The minimum atomic E-state index is -4.31. The molecule has 0 fully saturated rings. The number of nitro groups is 1. The highest BCUT2D eigenvalue weighted by molar-refractivity contribution is 7.92. The van der Waals surface area contributed by atoms with Gasteiger partial charge in [0, 0.05) is 10.8 Å². The minimum absolute atomic E-state index is 0.0638. The van der Waals surface area contributed by atoms with Gasteiger partial charge in [-0.05, 0) is 37.0 Å². The van der Waals surface area contributed by atoms with Gasteiger partial charge in [0.2, 0.25) is 0 Å². The molecular weight excluding hydrogens is 354 g/mol. The highest BCUT2D eigenvalue weighted by Gasteiger charge is 2.67. The number of nitrogens with zero attached hydrogens (tertiary/aromatic N) is 1. The molecule has 1 aromatic carbocycles. The lowest BCUT2D eigenvalue weighted by Crippen LogP contribution is -2.59. The second-order valence-electron chi connectivity index (χ2n) is 6.71. The van der Waals surface area contributed by atoms with Crippen LogP contribution in [0.15, 0.2) is 46.9 Å². The van der Waals surface area contributed by atoms with Crippen LogP contribution in [0.25, 0.3) is 0 Å². The predicted molar refractivity (Wildman–Crippen MR) is 98.9 cm³/mol. The monoisotopic (exact) mass is 379 g/mol. The quantitative estimate of drug-likeness (QED) is 0.389. The van der Waals surface area contributed by atoms with Gasteiger partial charge in [0.1, 0.15) is 6.29 Å². The van der Waals surface area contributed by atoms with Gasteiger partial charge in [0.25, 0.3) is 9.84 Å². The zero-order valence-corrected chi connectivity index (χ0v) is 15.9. The standard InChI is InChI=1S/C19H25NO5S/c1-3-8-16-13-12-15(14-21)18(9-4-2)19(16,20(22)23)26(24,25)17-10-6-5-7-11-17/h5-7,10-12,14,16,18H,3-4,8-9,13H2,1-2H3/t16-,18-,19+/m1/s1. The summed E-state index contributed by atoms with van der Waals surface area (Å²) in [6, 6.07) is 7.58. The summed E-state index contributed by atoms with van der Waals surface area (Å²) < 4.78 is 27.2. The molecule has 1 aliphatic carbocycles. The van der Waals surface area contributed by atoms with E-state index in [2.05, 4.69) is 0 Å². The van der Waals surface area contributed by atoms with Crippen LogP contribution in [0.4, 0.5) is 0 Å². The van der Waals surface area contributed by atoms with E-state index in [1.54, 1.807) is 24.3 Å². The first-order chi connectivity index (χ1) is 12.4. The summed E-state index contributed by atoms with van der Waals surface area (Å²) in [5.74, 6) is -1.62. The number of benzene rings is 1. The van der Waals surface area contributed by atoms with Crippen molar-refractivity contribution < 1.29 is 18.1 Å². The molecule has 26 heavy (non-hydrogen) atoms. The van der Waals surface area contributed by atoms with E-state index < -0.39 is 31.5 Å². The van der Waals surface area contributed by atoms with Crippen molar-refractivity contribution in [1.29, 1.82) is 0 Å². The molecule has 0 bridgehead atoms. The van der Waals surface area contributed by atoms with Gasteiger partial charge in [-0.3, -0.25) is 14.9 Å². The normalized spacial score (nSPS) is 26.2. The molecule has 2 rings (SSSR count). The Morgan fingerprint density at radius 3 is 2.31 bits per heavy atom.